The van der Waals surface area contributed by atoms with Crippen LogP contribution in [0.1, 0.15) is 36.5 Å². The van der Waals surface area contributed by atoms with Crippen LogP contribution in [0, 0.1) is 6.92 Å². The molecule has 1 aliphatic heterocycles. The van der Waals surface area contributed by atoms with Crippen LogP contribution < -0.4 is 5.32 Å². The van der Waals surface area contributed by atoms with E-state index in [1.165, 1.54) is 5.57 Å². The minimum absolute atomic E-state index is 0.0664. The summed E-state index contributed by atoms with van der Waals surface area (Å²) in [6.45, 7) is 7.49. The second-order valence-corrected chi connectivity index (χ2v) is 6.79. The van der Waals surface area contributed by atoms with Gasteiger partial charge in [0.25, 0.3) is 5.91 Å². The van der Waals surface area contributed by atoms with Crippen molar-refractivity contribution in [2.24, 2.45) is 0 Å². The predicted molar refractivity (Wildman–Crippen MR) is 99.8 cm³/mol. The second kappa shape index (κ2) is 8.88. The lowest BCUT2D eigenvalue weighted by atomic mass is 10.1. The minimum Gasteiger partial charge on any atom is -0.379 e. The lowest BCUT2D eigenvalue weighted by Gasteiger charge is -2.32. The standard InChI is InChI=1S/C19H25N5O3/c1-13(2)7-10-27-18-8-9-26-12-17(18)20-19(25)15-5-4-6-16(11-15)24-14(3)21-22-23-24/h4-7,11,17-18H,8-10,12H2,1-3H3,(H,20,25)/t17-,18+/m0/s1. The molecule has 27 heavy (non-hydrogen) atoms. The molecule has 3 rings (SSSR count). The van der Waals surface area contributed by atoms with Gasteiger partial charge in [-0.05, 0) is 55.8 Å². The molecule has 1 amide bonds. The molecule has 2 atom stereocenters. The van der Waals surface area contributed by atoms with E-state index in [9.17, 15) is 4.79 Å². The molecule has 1 aromatic carbocycles. The largest absolute Gasteiger partial charge is 0.379 e. The molecule has 1 fully saturated rings. The summed E-state index contributed by atoms with van der Waals surface area (Å²) in [5.74, 6) is 0.481. The van der Waals surface area contributed by atoms with Crippen LogP contribution >= 0.6 is 0 Å². The summed E-state index contributed by atoms with van der Waals surface area (Å²) in [5, 5.41) is 14.5. The molecule has 1 N–H and O–H groups in total. The van der Waals surface area contributed by atoms with Crippen LogP contribution in [0.2, 0.25) is 0 Å². The van der Waals surface area contributed by atoms with Crippen LogP contribution in [0.3, 0.4) is 0 Å². The number of ether oxygens (including phenoxy) is 2. The van der Waals surface area contributed by atoms with Gasteiger partial charge in [0.2, 0.25) is 0 Å². The van der Waals surface area contributed by atoms with Crippen molar-refractivity contribution in [3.63, 3.8) is 0 Å². The smallest absolute Gasteiger partial charge is 0.251 e. The van der Waals surface area contributed by atoms with E-state index >= 15 is 0 Å². The molecule has 8 heteroatoms. The molecule has 0 bridgehead atoms. The number of tetrazole rings is 1. The fraction of sp³-hybridized carbons (Fsp3) is 0.474. The van der Waals surface area contributed by atoms with Crippen molar-refractivity contribution in [2.75, 3.05) is 19.8 Å². The number of nitrogens with one attached hydrogen (secondary N) is 1. The Hall–Kier alpha value is -2.58. The number of hydrogen-bond donors (Lipinski definition) is 1. The molecule has 8 nitrogen and oxygen atoms in total. The van der Waals surface area contributed by atoms with Crippen molar-refractivity contribution in [3.05, 3.63) is 47.3 Å². The van der Waals surface area contributed by atoms with Gasteiger partial charge in [0, 0.05) is 12.2 Å². The maximum atomic E-state index is 12.8. The van der Waals surface area contributed by atoms with Crippen molar-refractivity contribution in [1.29, 1.82) is 0 Å². The van der Waals surface area contributed by atoms with E-state index in [0.29, 0.717) is 31.2 Å². The molecule has 2 aromatic rings. The van der Waals surface area contributed by atoms with Crippen molar-refractivity contribution < 1.29 is 14.3 Å². The molecule has 144 valence electrons. The molecule has 0 spiro atoms. The van der Waals surface area contributed by atoms with Gasteiger partial charge < -0.3 is 14.8 Å². The SMILES string of the molecule is CC(C)=CCO[C@@H]1CCOC[C@@H]1NC(=O)c1cccc(-n2nnnc2C)c1. The fourth-order valence-corrected chi connectivity index (χ4v) is 2.89. The summed E-state index contributed by atoms with van der Waals surface area (Å²) in [7, 11) is 0. The maximum Gasteiger partial charge on any atom is 0.251 e. The first-order chi connectivity index (χ1) is 13.0. The van der Waals surface area contributed by atoms with E-state index < -0.39 is 0 Å². The Morgan fingerprint density at radius 3 is 3.04 bits per heavy atom. The normalized spacial score (nSPS) is 19.5. The zero-order valence-electron chi connectivity index (χ0n) is 15.9. The maximum absolute atomic E-state index is 12.8. The number of aromatic nitrogens is 4. The average molecular weight is 371 g/mol. The minimum atomic E-state index is -0.185. The number of aryl methyl sites for hydroxylation is 1. The van der Waals surface area contributed by atoms with Crippen LogP contribution in [0.25, 0.3) is 5.69 Å². The topological polar surface area (TPSA) is 91.2 Å². The number of amides is 1. The summed E-state index contributed by atoms with van der Waals surface area (Å²) in [6.07, 6.45) is 2.72. The molecule has 0 saturated carbocycles. The second-order valence-electron chi connectivity index (χ2n) is 6.79. The van der Waals surface area contributed by atoms with Gasteiger partial charge in [-0.25, -0.2) is 0 Å². The number of nitrogens with zero attached hydrogens (tertiary/aromatic N) is 4. The van der Waals surface area contributed by atoms with Gasteiger partial charge in [0.05, 0.1) is 31.0 Å². The number of carbonyl (C=O) groups excluding carboxylic acids is 1. The van der Waals surface area contributed by atoms with Gasteiger partial charge in [-0.15, -0.1) is 5.10 Å². The molecule has 1 saturated heterocycles. The van der Waals surface area contributed by atoms with Crippen LogP contribution in [-0.2, 0) is 9.47 Å². The zero-order valence-corrected chi connectivity index (χ0v) is 15.9. The van der Waals surface area contributed by atoms with Gasteiger partial charge >= 0.3 is 0 Å². The van der Waals surface area contributed by atoms with Gasteiger partial charge in [-0.3, -0.25) is 4.79 Å². The summed E-state index contributed by atoms with van der Waals surface area (Å²) in [5.41, 5.74) is 2.48. The highest BCUT2D eigenvalue weighted by molar-refractivity contribution is 5.95. The monoisotopic (exact) mass is 371 g/mol. The van der Waals surface area contributed by atoms with E-state index in [-0.39, 0.29) is 18.1 Å². The number of benzene rings is 1. The molecular formula is C19H25N5O3. The lowest BCUT2D eigenvalue weighted by molar-refractivity contribution is -0.0457. The van der Waals surface area contributed by atoms with E-state index in [4.69, 9.17) is 9.47 Å². The summed E-state index contributed by atoms with van der Waals surface area (Å²) in [6, 6.07) is 7.01. The quantitative estimate of drug-likeness (QED) is 0.779. The van der Waals surface area contributed by atoms with Gasteiger partial charge in [-0.2, -0.15) is 4.68 Å². The number of allylic oxidation sites excluding steroid dienone is 1. The number of rotatable bonds is 6. The van der Waals surface area contributed by atoms with E-state index in [2.05, 4.69) is 20.8 Å². The molecule has 1 aliphatic rings. The van der Waals surface area contributed by atoms with Crippen LogP contribution in [-0.4, -0.2) is 58.1 Å². The highest BCUT2D eigenvalue weighted by Gasteiger charge is 2.28. The number of hydrogen-bond acceptors (Lipinski definition) is 6. The summed E-state index contributed by atoms with van der Waals surface area (Å²) < 4.78 is 13.1. The Balaban J connectivity index is 1.68. The van der Waals surface area contributed by atoms with Crippen LogP contribution in [0.4, 0.5) is 0 Å². The summed E-state index contributed by atoms with van der Waals surface area (Å²) in [4.78, 5) is 12.8. The van der Waals surface area contributed by atoms with Crippen molar-refractivity contribution in [1.82, 2.24) is 25.5 Å². The highest BCUT2D eigenvalue weighted by atomic mass is 16.5. The van der Waals surface area contributed by atoms with Crippen molar-refractivity contribution in [3.8, 4) is 5.69 Å². The third-order valence-corrected chi connectivity index (χ3v) is 4.39. The fourth-order valence-electron chi connectivity index (χ4n) is 2.89. The Morgan fingerprint density at radius 2 is 2.30 bits per heavy atom. The first-order valence-electron chi connectivity index (χ1n) is 9.03. The van der Waals surface area contributed by atoms with E-state index in [1.54, 1.807) is 23.7 Å². The summed E-state index contributed by atoms with van der Waals surface area (Å²) >= 11 is 0. The molecule has 0 radical (unpaired) electrons. The Morgan fingerprint density at radius 1 is 1.44 bits per heavy atom. The molecule has 0 aliphatic carbocycles. The Labute approximate surface area is 158 Å². The molecule has 1 aromatic heterocycles. The third kappa shape index (κ3) is 4.99. The van der Waals surface area contributed by atoms with Gasteiger partial charge in [0.15, 0.2) is 5.82 Å². The van der Waals surface area contributed by atoms with E-state index in [1.807, 2.05) is 32.1 Å². The van der Waals surface area contributed by atoms with Crippen LogP contribution in [0.5, 0.6) is 0 Å². The van der Waals surface area contributed by atoms with Gasteiger partial charge in [0.1, 0.15) is 0 Å². The third-order valence-electron chi connectivity index (χ3n) is 4.39. The zero-order chi connectivity index (χ0) is 19.2. The first kappa shape index (κ1) is 19.2. The highest BCUT2D eigenvalue weighted by Crippen LogP contribution is 2.15. The van der Waals surface area contributed by atoms with Crippen molar-refractivity contribution >= 4 is 5.91 Å². The predicted octanol–water partition coefficient (Wildman–Crippen LogP) is 1.84. The molecular weight excluding hydrogens is 346 g/mol. The number of carbonyl (C=O) groups is 1. The Bertz CT molecular complexity index is 813. The van der Waals surface area contributed by atoms with Crippen molar-refractivity contribution in [2.45, 2.75) is 39.3 Å². The van der Waals surface area contributed by atoms with Crippen LogP contribution in [0.15, 0.2) is 35.9 Å². The first-order valence-corrected chi connectivity index (χ1v) is 9.03. The van der Waals surface area contributed by atoms with Gasteiger partial charge in [-0.1, -0.05) is 17.7 Å². The molecule has 0 unspecified atom stereocenters. The Kier molecular flexibility index (Phi) is 6.31. The molecule has 2 heterocycles. The average Bonchev–Trinajstić information content (AvgIpc) is 3.09. The lowest BCUT2D eigenvalue weighted by Crippen LogP contribution is -2.50. The van der Waals surface area contributed by atoms with E-state index in [0.717, 1.165) is 12.1 Å².